The molecule has 1 aromatic rings. The van der Waals surface area contributed by atoms with E-state index in [1.807, 2.05) is 0 Å². The fraction of sp³-hybridized carbons (Fsp3) is 0.389. The number of amidine groups is 1. The van der Waals surface area contributed by atoms with Crippen molar-refractivity contribution in [3.05, 3.63) is 51.2 Å². The number of fused-ring (bicyclic) bond motifs is 1. The lowest BCUT2D eigenvalue weighted by Gasteiger charge is -2.32. The maximum Gasteiger partial charge on any atom is 0.338 e. The third-order valence-electron chi connectivity index (χ3n) is 4.43. The summed E-state index contributed by atoms with van der Waals surface area (Å²) in [4.78, 5) is 42.4. The molecule has 1 fully saturated rings. The first-order chi connectivity index (χ1) is 13.4. The number of carbonyl (C=O) groups excluding carboxylic acids is 2. The number of para-hydroxylation sites is 1. The highest BCUT2D eigenvalue weighted by Gasteiger charge is 2.48. The summed E-state index contributed by atoms with van der Waals surface area (Å²) in [5, 5.41) is 11.6. The Kier molecular flexibility index (Phi) is 5.80. The third kappa shape index (κ3) is 3.52. The monoisotopic (exact) mass is 405 g/mol. The van der Waals surface area contributed by atoms with Crippen molar-refractivity contribution in [3.8, 4) is 0 Å². The maximum absolute atomic E-state index is 12.8. The largest absolute Gasteiger partial charge is 0.460 e. The zero-order valence-corrected chi connectivity index (χ0v) is 16.4. The van der Waals surface area contributed by atoms with Crippen molar-refractivity contribution in [3.63, 3.8) is 0 Å². The summed E-state index contributed by atoms with van der Waals surface area (Å²) in [6.45, 7) is 3.59. The van der Waals surface area contributed by atoms with Crippen molar-refractivity contribution in [2.75, 3.05) is 20.3 Å². The number of carbonyl (C=O) groups is 2. The van der Waals surface area contributed by atoms with E-state index in [2.05, 4.69) is 4.99 Å². The molecule has 1 aromatic carbocycles. The van der Waals surface area contributed by atoms with Crippen LogP contribution in [0.5, 0.6) is 0 Å². The van der Waals surface area contributed by atoms with Gasteiger partial charge in [-0.05, 0) is 19.9 Å². The minimum Gasteiger partial charge on any atom is -0.460 e. The van der Waals surface area contributed by atoms with Crippen LogP contribution < -0.4 is 0 Å². The van der Waals surface area contributed by atoms with Crippen LogP contribution in [0.2, 0.25) is 0 Å². The Bertz CT molecular complexity index is 897. The Morgan fingerprint density at radius 2 is 2.07 bits per heavy atom. The molecule has 28 heavy (non-hydrogen) atoms. The molecule has 2 aliphatic rings. The van der Waals surface area contributed by atoms with Crippen LogP contribution in [0.3, 0.4) is 0 Å². The number of methoxy groups -OCH3 is 1. The molecule has 2 atom stereocenters. The number of thioether (sulfide) groups is 1. The molecule has 0 radical (unpaired) electrons. The number of esters is 1. The summed E-state index contributed by atoms with van der Waals surface area (Å²) in [7, 11) is 1.48. The Morgan fingerprint density at radius 1 is 1.36 bits per heavy atom. The van der Waals surface area contributed by atoms with Gasteiger partial charge in [0.1, 0.15) is 12.6 Å². The van der Waals surface area contributed by atoms with E-state index in [1.165, 1.54) is 35.9 Å². The standard InChI is InChI=1S/C18H19N3O6S/c1-10-14(17(23)27-9-8-26-3)15(12-6-4-5-7-13(12)21(24)25)20-16(22)11(2)28-18(20)19-10/h4-7,11,15H,8-9H2,1-3H3/t11-,15+/m0/s1. The number of nitro groups is 1. The van der Waals surface area contributed by atoms with Crippen molar-refractivity contribution in [2.24, 2.45) is 4.99 Å². The van der Waals surface area contributed by atoms with Crippen molar-refractivity contribution in [1.82, 2.24) is 4.90 Å². The molecule has 0 aromatic heterocycles. The Morgan fingerprint density at radius 3 is 2.75 bits per heavy atom. The van der Waals surface area contributed by atoms with Gasteiger partial charge in [0.2, 0.25) is 5.91 Å². The first-order valence-corrected chi connectivity index (χ1v) is 9.43. The lowest BCUT2D eigenvalue weighted by atomic mass is 9.93. The van der Waals surface area contributed by atoms with Gasteiger partial charge in [0.25, 0.3) is 5.69 Å². The van der Waals surface area contributed by atoms with Gasteiger partial charge in [-0.2, -0.15) is 0 Å². The molecule has 0 bridgehead atoms. The van der Waals surface area contributed by atoms with E-state index in [1.54, 1.807) is 26.0 Å². The topological polar surface area (TPSA) is 111 Å². The van der Waals surface area contributed by atoms with Gasteiger partial charge in [0, 0.05) is 13.2 Å². The summed E-state index contributed by atoms with van der Waals surface area (Å²) < 4.78 is 10.1. The van der Waals surface area contributed by atoms with Gasteiger partial charge in [-0.1, -0.05) is 23.9 Å². The highest BCUT2D eigenvalue weighted by Crippen LogP contribution is 2.45. The number of hydrogen-bond acceptors (Lipinski definition) is 8. The van der Waals surface area contributed by atoms with Crippen LogP contribution in [-0.4, -0.2) is 52.4 Å². The number of amides is 1. The van der Waals surface area contributed by atoms with Crippen LogP contribution in [0.25, 0.3) is 0 Å². The molecule has 0 N–H and O–H groups in total. The number of nitrogens with zero attached hydrogens (tertiary/aromatic N) is 3. The second kappa shape index (κ2) is 8.11. The highest BCUT2D eigenvalue weighted by atomic mass is 32.2. The first kappa shape index (κ1) is 20.0. The van der Waals surface area contributed by atoms with Crippen LogP contribution in [0, 0.1) is 10.1 Å². The molecule has 10 heteroatoms. The molecule has 0 unspecified atom stereocenters. The summed E-state index contributed by atoms with van der Waals surface area (Å²) in [5.41, 5.74) is 0.533. The Labute approximate surface area is 165 Å². The molecule has 9 nitrogen and oxygen atoms in total. The average molecular weight is 405 g/mol. The normalized spacial score (nSPS) is 21.5. The van der Waals surface area contributed by atoms with Gasteiger partial charge in [-0.25, -0.2) is 9.79 Å². The molecule has 148 valence electrons. The van der Waals surface area contributed by atoms with E-state index >= 15 is 0 Å². The van der Waals surface area contributed by atoms with Crippen molar-refractivity contribution in [1.29, 1.82) is 0 Å². The molecule has 3 rings (SSSR count). The number of nitro benzene ring substituents is 1. The van der Waals surface area contributed by atoms with E-state index in [0.29, 0.717) is 10.9 Å². The Balaban J connectivity index is 2.13. The molecule has 1 amide bonds. The Hall–Kier alpha value is -2.72. The van der Waals surface area contributed by atoms with E-state index in [-0.39, 0.29) is 35.9 Å². The van der Waals surface area contributed by atoms with E-state index < -0.39 is 22.2 Å². The molecule has 0 saturated carbocycles. The second-order valence-electron chi connectivity index (χ2n) is 6.21. The number of benzene rings is 1. The molecule has 1 saturated heterocycles. The fourth-order valence-corrected chi connectivity index (χ4v) is 4.17. The second-order valence-corrected chi connectivity index (χ2v) is 7.52. The van der Waals surface area contributed by atoms with Gasteiger partial charge >= 0.3 is 5.97 Å². The summed E-state index contributed by atoms with van der Waals surface area (Å²) in [5.74, 6) is -0.945. The van der Waals surface area contributed by atoms with Gasteiger partial charge < -0.3 is 9.47 Å². The molecule has 0 aliphatic carbocycles. The molecule has 2 aliphatic heterocycles. The van der Waals surface area contributed by atoms with Gasteiger partial charge in [-0.3, -0.25) is 19.8 Å². The van der Waals surface area contributed by atoms with Gasteiger partial charge in [0.05, 0.1) is 33.6 Å². The zero-order valence-electron chi connectivity index (χ0n) is 15.6. The summed E-state index contributed by atoms with van der Waals surface area (Å²) >= 11 is 1.26. The van der Waals surface area contributed by atoms with Crippen LogP contribution in [0.1, 0.15) is 25.5 Å². The van der Waals surface area contributed by atoms with Crippen molar-refractivity contribution >= 4 is 34.5 Å². The predicted molar refractivity (Wildman–Crippen MR) is 103 cm³/mol. The lowest BCUT2D eigenvalue weighted by molar-refractivity contribution is -0.385. The maximum atomic E-state index is 12.8. The minimum atomic E-state index is -0.978. The molecular weight excluding hydrogens is 386 g/mol. The summed E-state index contributed by atoms with van der Waals surface area (Å²) in [6.07, 6.45) is 0. The lowest BCUT2D eigenvalue weighted by Crippen LogP contribution is -2.40. The van der Waals surface area contributed by atoms with E-state index in [4.69, 9.17) is 9.47 Å². The third-order valence-corrected chi connectivity index (χ3v) is 5.48. The number of rotatable bonds is 6. The van der Waals surface area contributed by atoms with Gasteiger partial charge in [-0.15, -0.1) is 0 Å². The van der Waals surface area contributed by atoms with Gasteiger partial charge in [0.15, 0.2) is 5.17 Å². The first-order valence-electron chi connectivity index (χ1n) is 8.55. The molecule has 0 spiro atoms. The molecular formula is C18H19N3O6S. The van der Waals surface area contributed by atoms with Crippen LogP contribution in [0.4, 0.5) is 5.69 Å². The van der Waals surface area contributed by atoms with Crippen molar-refractivity contribution in [2.45, 2.75) is 25.1 Å². The van der Waals surface area contributed by atoms with Crippen LogP contribution in [-0.2, 0) is 19.1 Å². The molecule has 2 heterocycles. The number of aliphatic imine (C=N–C) groups is 1. The SMILES string of the molecule is COCCOC(=O)C1=C(C)N=C2S[C@@H](C)C(=O)N2[C@@H]1c1ccccc1[N+](=O)[O-]. The summed E-state index contributed by atoms with van der Waals surface area (Å²) in [6, 6.07) is 5.09. The number of allylic oxidation sites excluding steroid dienone is 1. The quantitative estimate of drug-likeness (QED) is 0.309. The van der Waals surface area contributed by atoms with Crippen LogP contribution >= 0.6 is 11.8 Å². The predicted octanol–water partition coefficient (Wildman–Crippen LogP) is 2.43. The smallest absolute Gasteiger partial charge is 0.338 e. The zero-order chi connectivity index (χ0) is 20.4. The number of ether oxygens (including phenoxy) is 2. The average Bonchev–Trinajstić information content (AvgIpc) is 2.94. The van der Waals surface area contributed by atoms with E-state index in [0.717, 1.165) is 0 Å². The fourth-order valence-electron chi connectivity index (χ4n) is 3.14. The number of hydrogen-bond donors (Lipinski definition) is 0. The van der Waals surface area contributed by atoms with Crippen molar-refractivity contribution < 1.29 is 24.0 Å². The van der Waals surface area contributed by atoms with E-state index in [9.17, 15) is 19.7 Å². The highest BCUT2D eigenvalue weighted by molar-refractivity contribution is 8.15. The van der Waals surface area contributed by atoms with Crippen LogP contribution in [0.15, 0.2) is 40.5 Å². The minimum absolute atomic E-state index is 0.0192.